The van der Waals surface area contributed by atoms with Gasteiger partial charge in [-0.1, -0.05) is 17.7 Å². The Kier molecular flexibility index (Phi) is 3.91. The highest BCUT2D eigenvalue weighted by Crippen LogP contribution is 2.36. The fraction of sp³-hybridized carbons (Fsp3) is 0.143. The van der Waals surface area contributed by atoms with E-state index in [1.165, 1.54) is 6.07 Å². The Hall–Kier alpha value is -1.53. The molecular formula is C14H8BrClF2N2O. The number of ether oxygens (including phenoxy) is 1. The Morgan fingerprint density at radius 3 is 2.76 bits per heavy atom. The smallest absolute Gasteiger partial charge is 0.295 e. The molecule has 0 amide bonds. The summed E-state index contributed by atoms with van der Waals surface area (Å²) >= 11 is 9.30. The van der Waals surface area contributed by atoms with Crippen LogP contribution in [-0.4, -0.2) is 23.3 Å². The second-order valence-electron chi connectivity index (χ2n) is 4.30. The zero-order valence-corrected chi connectivity index (χ0v) is 12.8. The molecule has 1 aliphatic rings. The number of benzene rings is 1. The van der Waals surface area contributed by atoms with E-state index >= 15 is 0 Å². The van der Waals surface area contributed by atoms with Crippen LogP contribution in [-0.2, 0) is 0 Å². The van der Waals surface area contributed by atoms with E-state index in [1.807, 2.05) is 0 Å². The molecule has 1 aromatic heterocycles. The first-order valence-electron chi connectivity index (χ1n) is 5.99. The van der Waals surface area contributed by atoms with Gasteiger partial charge in [0.15, 0.2) is 0 Å². The van der Waals surface area contributed by atoms with Crippen molar-refractivity contribution in [2.45, 2.75) is 12.7 Å². The van der Waals surface area contributed by atoms with Crippen molar-refractivity contribution in [1.82, 2.24) is 4.98 Å². The zero-order valence-electron chi connectivity index (χ0n) is 10.4. The predicted molar refractivity (Wildman–Crippen MR) is 79.4 cm³/mol. The Morgan fingerprint density at radius 2 is 2.10 bits per heavy atom. The SMILES string of the molecule is FC(F)C1N=C(c2ccccn2)c2cc(Br)c(Cl)cc2O1. The van der Waals surface area contributed by atoms with Crippen LogP contribution < -0.4 is 4.74 Å². The van der Waals surface area contributed by atoms with Crippen molar-refractivity contribution in [3.63, 3.8) is 0 Å². The lowest BCUT2D eigenvalue weighted by molar-refractivity contribution is 0.0151. The molecular weight excluding hydrogens is 366 g/mol. The molecule has 0 radical (unpaired) electrons. The number of rotatable bonds is 2. The Morgan fingerprint density at radius 1 is 1.29 bits per heavy atom. The maximum absolute atomic E-state index is 13.0. The largest absolute Gasteiger partial charge is 0.462 e. The average molecular weight is 374 g/mol. The average Bonchev–Trinajstić information content (AvgIpc) is 2.48. The number of hydrogen-bond acceptors (Lipinski definition) is 3. The lowest BCUT2D eigenvalue weighted by atomic mass is 10.0. The second kappa shape index (κ2) is 5.69. The molecule has 3 nitrogen and oxygen atoms in total. The van der Waals surface area contributed by atoms with Crippen LogP contribution in [0.4, 0.5) is 8.78 Å². The molecule has 2 aromatic rings. The number of aliphatic imine (C=N–C) groups is 1. The van der Waals surface area contributed by atoms with Gasteiger partial charge in [-0.15, -0.1) is 0 Å². The van der Waals surface area contributed by atoms with Gasteiger partial charge in [-0.3, -0.25) is 4.98 Å². The monoisotopic (exact) mass is 372 g/mol. The van der Waals surface area contributed by atoms with E-state index in [0.29, 0.717) is 26.5 Å². The van der Waals surface area contributed by atoms with Crippen molar-refractivity contribution < 1.29 is 13.5 Å². The van der Waals surface area contributed by atoms with Gasteiger partial charge in [0.2, 0.25) is 0 Å². The van der Waals surface area contributed by atoms with E-state index in [-0.39, 0.29) is 5.75 Å². The molecule has 2 heterocycles. The van der Waals surface area contributed by atoms with Gasteiger partial charge in [0.25, 0.3) is 12.7 Å². The van der Waals surface area contributed by atoms with Crippen LogP contribution >= 0.6 is 27.5 Å². The van der Waals surface area contributed by atoms with Crippen molar-refractivity contribution in [3.05, 3.63) is 57.3 Å². The lowest BCUT2D eigenvalue weighted by Gasteiger charge is -2.24. The molecule has 7 heteroatoms. The van der Waals surface area contributed by atoms with Crippen LogP contribution in [0.25, 0.3) is 0 Å². The first-order valence-corrected chi connectivity index (χ1v) is 7.17. The Bertz CT molecular complexity index is 710. The number of aromatic nitrogens is 1. The highest BCUT2D eigenvalue weighted by atomic mass is 79.9. The molecule has 0 bridgehead atoms. The van der Waals surface area contributed by atoms with Gasteiger partial charge in [-0.2, -0.15) is 0 Å². The fourth-order valence-electron chi connectivity index (χ4n) is 1.98. The predicted octanol–water partition coefficient (Wildman–Crippen LogP) is 4.32. The van der Waals surface area contributed by atoms with Gasteiger partial charge in [0.1, 0.15) is 5.75 Å². The summed E-state index contributed by atoms with van der Waals surface area (Å²) < 4.78 is 31.8. The lowest BCUT2D eigenvalue weighted by Crippen LogP contribution is -2.30. The minimum Gasteiger partial charge on any atom is -0.462 e. The fourth-order valence-corrected chi connectivity index (χ4v) is 2.48. The molecule has 0 saturated heterocycles. The summed E-state index contributed by atoms with van der Waals surface area (Å²) in [5.41, 5.74) is 1.43. The quantitative estimate of drug-likeness (QED) is 0.786. The molecule has 1 unspecified atom stereocenters. The standard InChI is InChI=1S/C14H8BrClF2N2O/c15-8-5-7-11(6-9(8)16)21-14(13(17)18)20-12(7)10-3-1-2-4-19-10/h1-6,13-14H. The van der Waals surface area contributed by atoms with Crippen LogP contribution in [0.2, 0.25) is 5.02 Å². The first kappa shape index (κ1) is 14.4. The van der Waals surface area contributed by atoms with E-state index in [4.69, 9.17) is 16.3 Å². The molecule has 0 spiro atoms. The van der Waals surface area contributed by atoms with Crippen molar-refractivity contribution in [3.8, 4) is 5.75 Å². The zero-order chi connectivity index (χ0) is 15.0. The molecule has 3 rings (SSSR count). The van der Waals surface area contributed by atoms with Gasteiger partial charge >= 0.3 is 0 Å². The highest BCUT2D eigenvalue weighted by Gasteiger charge is 2.30. The topological polar surface area (TPSA) is 34.5 Å². The summed E-state index contributed by atoms with van der Waals surface area (Å²) in [4.78, 5) is 8.15. The third-order valence-electron chi connectivity index (χ3n) is 2.90. The number of nitrogens with zero attached hydrogens (tertiary/aromatic N) is 2. The van der Waals surface area contributed by atoms with Crippen molar-refractivity contribution in [2.75, 3.05) is 0 Å². The van der Waals surface area contributed by atoms with Crippen LogP contribution in [0, 0.1) is 0 Å². The van der Waals surface area contributed by atoms with Crippen molar-refractivity contribution in [2.24, 2.45) is 4.99 Å². The van der Waals surface area contributed by atoms with Gasteiger partial charge in [0.05, 0.1) is 16.4 Å². The molecule has 21 heavy (non-hydrogen) atoms. The molecule has 0 fully saturated rings. The van der Waals surface area contributed by atoms with E-state index in [1.54, 1.807) is 30.5 Å². The molecule has 108 valence electrons. The maximum Gasteiger partial charge on any atom is 0.295 e. The number of hydrogen-bond donors (Lipinski definition) is 0. The number of halogens is 4. The Balaban J connectivity index is 2.18. The third-order valence-corrected chi connectivity index (χ3v) is 4.10. The summed E-state index contributed by atoms with van der Waals surface area (Å²) in [6.45, 7) is 0. The second-order valence-corrected chi connectivity index (χ2v) is 5.56. The summed E-state index contributed by atoms with van der Waals surface area (Å²) in [7, 11) is 0. The first-order chi connectivity index (χ1) is 10.1. The maximum atomic E-state index is 13.0. The third kappa shape index (κ3) is 2.78. The number of fused-ring (bicyclic) bond motifs is 1. The molecule has 1 aromatic carbocycles. The molecule has 1 aliphatic heterocycles. The molecule has 1 atom stereocenters. The van der Waals surface area contributed by atoms with E-state index in [9.17, 15) is 8.78 Å². The normalized spacial score (nSPS) is 17.2. The summed E-state index contributed by atoms with van der Waals surface area (Å²) in [6.07, 6.45) is -2.72. The highest BCUT2D eigenvalue weighted by molar-refractivity contribution is 9.10. The Labute approximate surface area is 132 Å². The van der Waals surface area contributed by atoms with Gasteiger partial charge in [-0.25, -0.2) is 13.8 Å². The van der Waals surface area contributed by atoms with Crippen LogP contribution in [0.15, 0.2) is 46.0 Å². The van der Waals surface area contributed by atoms with Crippen LogP contribution in [0.5, 0.6) is 5.75 Å². The number of alkyl halides is 2. The van der Waals surface area contributed by atoms with E-state index in [2.05, 4.69) is 25.9 Å². The minimum absolute atomic E-state index is 0.268. The molecule has 0 saturated carbocycles. The summed E-state index contributed by atoms with van der Waals surface area (Å²) in [5, 5.41) is 0.379. The van der Waals surface area contributed by atoms with Gasteiger partial charge in [-0.05, 0) is 34.1 Å². The van der Waals surface area contributed by atoms with Gasteiger partial charge < -0.3 is 4.74 Å². The van der Waals surface area contributed by atoms with Crippen LogP contribution in [0.3, 0.4) is 0 Å². The summed E-state index contributed by atoms with van der Waals surface area (Å²) in [5.74, 6) is 0.268. The molecule has 0 aliphatic carbocycles. The van der Waals surface area contributed by atoms with Crippen molar-refractivity contribution in [1.29, 1.82) is 0 Å². The van der Waals surface area contributed by atoms with E-state index in [0.717, 1.165) is 0 Å². The number of pyridine rings is 1. The minimum atomic E-state index is -2.74. The van der Waals surface area contributed by atoms with E-state index < -0.39 is 12.7 Å². The molecule has 0 N–H and O–H groups in total. The van der Waals surface area contributed by atoms with Gasteiger partial charge in [0, 0.05) is 22.3 Å². The van der Waals surface area contributed by atoms with Crippen LogP contribution in [0.1, 0.15) is 11.3 Å². The van der Waals surface area contributed by atoms with Crippen molar-refractivity contribution >= 4 is 33.2 Å². The summed E-state index contributed by atoms with van der Waals surface area (Å²) in [6, 6.07) is 8.40.